The van der Waals surface area contributed by atoms with Gasteiger partial charge >= 0.3 is 11.9 Å². The largest absolute Gasteiger partial charge is 0.422 e. The Morgan fingerprint density at radius 3 is 2.30 bits per heavy atom. The molecule has 0 saturated heterocycles. The molecular formula is C12H7N3O5. The molecule has 3 rings (SSSR count). The molecule has 1 aliphatic rings. The van der Waals surface area contributed by atoms with Crippen LogP contribution in [0.3, 0.4) is 0 Å². The molecular weight excluding hydrogens is 266 g/mol. The van der Waals surface area contributed by atoms with Crippen LogP contribution in [0.1, 0.15) is 37.2 Å². The smallest absolute Gasteiger partial charge is 0.327 e. The molecule has 0 bridgehead atoms. The summed E-state index contributed by atoms with van der Waals surface area (Å²) in [6.07, 6.45) is 0. The number of carbonyl (C=O) groups excluding carboxylic acids is 3. The minimum Gasteiger partial charge on any atom is -0.327 e. The molecule has 2 amide bonds. The summed E-state index contributed by atoms with van der Waals surface area (Å²) in [4.78, 5) is 43.9. The van der Waals surface area contributed by atoms with E-state index in [2.05, 4.69) is 14.7 Å². The van der Waals surface area contributed by atoms with Gasteiger partial charge in [-0.15, -0.1) is 0 Å². The molecule has 1 aromatic carbocycles. The van der Waals surface area contributed by atoms with Crippen molar-refractivity contribution < 1.29 is 23.7 Å². The molecule has 20 heavy (non-hydrogen) atoms. The van der Waals surface area contributed by atoms with Gasteiger partial charge in [0, 0.05) is 0 Å². The van der Waals surface area contributed by atoms with Crippen molar-refractivity contribution in [1.29, 1.82) is 0 Å². The minimum absolute atomic E-state index is 0.173. The number of fused-ring (bicyclic) bond motifs is 1. The number of aromatic nitrogens is 2. The normalized spacial score (nSPS) is 13.6. The first kappa shape index (κ1) is 12.0. The maximum absolute atomic E-state index is 11.9. The number of hydrogen-bond donors (Lipinski definition) is 0. The zero-order valence-electron chi connectivity index (χ0n) is 10.2. The first-order chi connectivity index (χ1) is 9.58. The first-order valence-electron chi connectivity index (χ1n) is 5.58. The Hall–Kier alpha value is -3.03. The Morgan fingerprint density at radius 1 is 1.20 bits per heavy atom. The lowest BCUT2D eigenvalue weighted by atomic mass is 10.1. The molecule has 8 nitrogen and oxygen atoms in total. The fourth-order valence-corrected chi connectivity index (χ4v) is 1.75. The van der Waals surface area contributed by atoms with E-state index < -0.39 is 23.7 Å². The Labute approximate surface area is 111 Å². The molecule has 0 spiro atoms. The summed E-state index contributed by atoms with van der Waals surface area (Å²) in [5.41, 5.74) is 0.346. The number of nitrogens with zero attached hydrogens (tertiary/aromatic N) is 3. The van der Waals surface area contributed by atoms with Gasteiger partial charge in [-0.25, -0.2) is 4.79 Å². The van der Waals surface area contributed by atoms with Crippen LogP contribution in [0.25, 0.3) is 0 Å². The van der Waals surface area contributed by atoms with E-state index in [-0.39, 0.29) is 17.0 Å². The summed E-state index contributed by atoms with van der Waals surface area (Å²) >= 11 is 0. The third kappa shape index (κ3) is 1.74. The minimum atomic E-state index is -1.07. The van der Waals surface area contributed by atoms with Gasteiger partial charge in [-0.05, 0) is 19.1 Å². The van der Waals surface area contributed by atoms with Crippen molar-refractivity contribution in [1.82, 2.24) is 15.2 Å². The van der Waals surface area contributed by atoms with Crippen LogP contribution in [-0.2, 0) is 4.84 Å². The van der Waals surface area contributed by atoms with Crippen LogP contribution in [0.15, 0.2) is 28.8 Å². The van der Waals surface area contributed by atoms with Crippen molar-refractivity contribution in [2.45, 2.75) is 6.92 Å². The molecule has 1 aromatic heterocycles. The monoisotopic (exact) mass is 273 g/mol. The lowest BCUT2D eigenvalue weighted by molar-refractivity contribution is -0.0612. The summed E-state index contributed by atoms with van der Waals surface area (Å²) in [5, 5.41) is 3.80. The predicted octanol–water partition coefficient (Wildman–Crippen LogP) is 0.746. The molecule has 2 heterocycles. The van der Waals surface area contributed by atoms with E-state index >= 15 is 0 Å². The van der Waals surface area contributed by atoms with E-state index in [4.69, 9.17) is 4.84 Å². The fraction of sp³-hybridized carbons (Fsp3) is 0.0833. The summed E-state index contributed by atoms with van der Waals surface area (Å²) < 4.78 is 4.60. The van der Waals surface area contributed by atoms with Crippen LogP contribution in [0, 0.1) is 6.92 Å². The van der Waals surface area contributed by atoms with Gasteiger partial charge in [0.1, 0.15) is 0 Å². The first-order valence-corrected chi connectivity index (χ1v) is 5.58. The Bertz CT molecular complexity index is 701. The number of amides is 2. The molecule has 2 aromatic rings. The SMILES string of the molecule is Cc1noc(C(=O)ON2C(=O)c3ccccc3C2=O)n1. The number of hydrogen-bond acceptors (Lipinski definition) is 7. The molecule has 0 saturated carbocycles. The molecule has 100 valence electrons. The van der Waals surface area contributed by atoms with Crippen LogP contribution in [-0.4, -0.2) is 33.0 Å². The summed E-state index contributed by atoms with van der Waals surface area (Å²) in [6.45, 7) is 1.52. The Balaban J connectivity index is 1.85. The van der Waals surface area contributed by atoms with Crippen LogP contribution < -0.4 is 0 Å². The fourth-order valence-electron chi connectivity index (χ4n) is 1.75. The van der Waals surface area contributed by atoms with Crippen LogP contribution in [0.5, 0.6) is 0 Å². The van der Waals surface area contributed by atoms with E-state index in [0.29, 0.717) is 5.06 Å². The maximum Gasteiger partial charge on any atom is 0.422 e. The quantitative estimate of drug-likeness (QED) is 0.743. The molecule has 1 aliphatic heterocycles. The molecule has 0 radical (unpaired) electrons. The van der Waals surface area contributed by atoms with Crippen LogP contribution in [0.4, 0.5) is 0 Å². The van der Waals surface area contributed by atoms with Gasteiger partial charge in [-0.2, -0.15) is 4.98 Å². The average molecular weight is 273 g/mol. The third-order valence-electron chi connectivity index (χ3n) is 2.63. The van der Waals surface area contributed by atoms with E-state index in [0.717, 1.165) is 0 Å². The van der Waals surface area contributed by atoms with Gasteiger partial charge in [0.05, 0.1) is 11.1 Å². The zero-order valence-corrected chi connectivity index (χ0v) is 10.2. The molecule has 0 N–H and O–H groups in total. The van der Waals surface area contributed by atoms with Crippen molar-refractivity contribution in [3.8, 4) is 0 Å². The number of benzene rings is 1. The lowest BCUT2D eigenvalue weighted by Gasteiger charge is -2.10. The van der Waals surface area contributed by atoms with E-state index in [1.165, 1.54) is 19.1 Å². The standard InChI is InChI=1S/C12H7N3O5/c1-6-13-9(19-14-6)12(18)20-15-10(16)7-4-2-3-5-8(7)11(15)17/h2-5H,1H3. The second-order valence-electron chi connectivity index (χ2n) is 3.98. The lowest BCUT2D eigenvalue weighted by Crippen LogP contribution is -2.32. The van der Waals surface area contributed by atoms with E-state index in [9.17, 15) is 14.4 Å². The van der Waals surface area contributed by atoms with E-state index in [1.807, 2.05) is 0 Å². The highest BCUT2D eigenvalue weighted by molar-refractivity contribution is 6.21. The molecule has 0 unspecified atom stereocenters. The summed E-state index contributed by atoms with van der Waals surface area (Å²) in [7, 11) is 0. The summed E-state index contributed by atoms with van der Waals surface area (Å²) in [5.74, 6) is -2.69. The van der Waals surface area contributed by atoms with Crippen LogP contribution >= 0.6 is 0 Å². The van der Waals surface area contributed by atoms with Crippen molar-refractivity contribution in [2.24, 2.45) is 0 Å². The van der Waals surface area contributed by atoms with Crippen molar-refractivity contribution in [3.05, 3.63) is 47.1 Å². The number of aryl methyl sites for hydroxylation is 1. The molecule has 0 atom stereocenters. The van der Waals surface area contributed by atoms with Gasteiger partial charge in [0.15, 0.2) is 5.82 Å². The second kappa shape index (κ2) is 4.26. The molecule has 0 aliphatic carbocycles. The zero-order chi connectivity index (χ0) is 14.3. The van der Waals surface area contributed by atoms with Crippen LogP contribution in [0.2, 0.25) is 0 Å². The van der Waals surface area contributed by atoms with Crippen molar-refractivity contribution >= 4 is 17.8 Å². The Morgan fingerprint density at radius 2 is 1.80 bits per heavy atom. The Kier molecular flexibility index (Phi) is 2.56. The maximum atomic E-state index is 11.9. The second-order valence-corrected chi connectivity index (χ2v) is 3.98. The number of hydroxylamine groups is 2. The van der Waals surface area contributed by atoms with Gasteiger partial charge < -0.3 is 9.36 Å². The van der Waals surface area contributed by atoms with Gasteiger partial charge in [0.25, 0.3) is 11.8 Å². The topological polar surface area (TPSA) is 103 Å². The van der Waals surface area contributed by atoms with Gasteiger partial charge in [0.2, 0.25) is 0 Å². The van der Waals surface area contributed by atoms with E-state index in [1.54, 1.807) is 12.1 Å². The number of rotatable bonds is 2. The average Bonchev–Trinajstić information content (AvgIpc) is 2.98. The highest BCUT2D eigenvalue weighted by Gasteiger charge is 2.39. The highest BCUT2D eigenvalue weighted by Crippen LogP contribution is 2.23. The van der Waals surface area contributed by atoms with Gasteiger partial charge in [-0.1, -0.05) is 22.4 Å². The third-order valence-corrected chi connectivity index (χ3v) is 2.63. The number of carbonyl (C=O) groups is 3. The predicted molar refractivity (Wildman–Crippen MR) is 61.4 cm³/mol. The van der Waals surface area contributed by atoms with Crippen molar-refractivity contribution in [3.63, 3.8) is 0 Å². The highest BCUT2D eigenvalue weighted by atomic mass is 16.7. The summed E-state index contributed by atoms with van der Waals surface area (Å²) in [6, 6.07) is 6.16. The van der Waals surface area contributed by atoms with Gasteiger partial charge in [-0.3, -0.25) is 9.59 Å². The molecule has 0 fully saturated rings. The molecule has 8 heteroatoms. The van der Waals surface area contributed by atoms with Crippen molar-refractivity contribution in [2.75, 3.05) is 0 Å². The number of imide groups is 1.